The van der Waals surface area contributed by atoms with Crippen LogP contribution >= 0.6 is 11.6 Å². The van der Waals surface area contributed by atoms with Crippen molar-refractivity contribution in [3.8, 4) is 17.2 Å². The van der Waals surface area contributed by atoms with E-state index >= 15 is 0 Å². The maximum absolute atomic E-state index is 12.0. The topological polar surface area (TPSA) is 78.8 Å². The molecule has 2 aromatic carbocycles. The van der Waals surface area contributed by atoms with Crippen LogP contribution in [0.5, 0.6) is 17.2 Å². The fourth-order valence-corrected chi connectivity index (χ4v) is 2.13. The summed E-state index contributed by atoms with van der Waals surface area (Å²) in [5, 5.41) is 21.9. The van der Waals surface area contributed by atoms with Gasteiger partial charge in [0.05, 0.1) is 7.11 Å². The summed E-state index contributed by atoms with van der Waals surface area (Å²) in [6.45, 7) is 0.165. The van der Waals surface area contributed by atoms with Gasteiger partial charge in [-0.15, -0.1) is 0 Å². The molecule has 0 radical (unpaired) electrons. The van der Waals surface area contributed by atoms with Crippen LogP contribution in [0.4, 0.5) is 0 Å². The summed E-state index contributed by atoms with van der Waals surface area (Å²) in [5.74, 6) is -0.240. The van der Waals surface area contributed by atoms with Crippen molar-refractivity contribution in [2.45, 2.75) is 6.54 Å². The van der Waals surface area contributed by atoms with Gasteiger partial charge >= 0.3 is 0 Å². The second-order valence-electron chi connectivity index (χ2n) is 4.34. The highest BCUT2D eigenvalue weighted by molar-refractivity contribution is 6.31. The molecule has 2 rings (SSSR count). The fraction of sp³-hybridized carbons (Fsp3) is 0.133. The molecule has 0 aliphatic rings. The van der Waals surface area contributed by atoms with Gasteiger partial charge in [0.2, 0.25) is 0 Å². The first kappa shape index (κ1) is 15.0. The Bertz CT molecular complexity index is 652. The van der Waals surface area contributed by atoms with Gasteiger partial charge in [-0.3, -0.25) is 4.79 Å². The molecule has 2 aromatic rings. The number of halogens is 1. The van der Waals surface area contributed by atoms with Gasteiger partial charge in [-0.2, -0.15) is 0 Å². The number of nitrogens with one attached hydrogen (secondary N) is 1. The molecule has 0 saturated carbocycles. The van der Waals surface area contributed by atoms with Crippen LogP contribution in [0.3, 0.4) is 0 Å². The molecule has 3 N–H and O–H groups in total. The lowest BCUT2D eigenvalue weighted by molar-refractivity contribution is 0.0950. The highest BCUT2D eigenvalue weighted by Crippen LogP contribution is 2.26. The normalized spacial score (nSPS) is 10.2. The molecule has 0 saturated heterocycles. The van der Waals surface area contributed by atoms with Gasteiger partial charge in [-0.25, -0.2) is 0 Å². The summed E-state index contributed by atoms with van der Waals surface area (Å²) < 4.78 is 5.19. The SMILES string of the molecule is COc1cccc(Cl)c1CNC(=O)c1cc(O)cc(O)c1. The minimum Gasteiger partial charge on any atom is -0.508 e. The molecule has 0 bridgehead atoms. The zero-order valence-electron chi connectivity index (χ0n) is 11.3. The molecule has 0 spiro atoms. The van der Waals surface area contributed by atoms with Crippen molar-refractivity contribution < 1.29 is 19.7 Å². The van der Waals surface area contributed by atoms with Gasteiger partial charge in [0.15, 0.2) is 0 Å². The van der Waals surface area contributed by atoms with E-state index in [2.05, 4.69) is 5.32 Å². The fourth-order valence-electron chi connectivity index (χ4n) is 1.90. The average Bonchev–Trinajstić information content (AvgIpc) is 2.44. The maximum Gasteiger partial charge on any atom is 0.251 e. The number of phenolic OH excluding ortho intramolecular Hbond substituents is 2. The third kappa shape index (κ3) is 3.58. The zero-order chi connectivity index (χ0) is 15.4. The van der Waals surface area contributed by atoms with Crippen LogP contribution in [-0.2, 0) is 6.54 Å². The molecule has 0 unspecified atom stereocenters. The first-order valence-electron chi connectivity index (χ1n) is 6.14. The summed E-state index contributed by atoms with van der Waals surface area (Å²) in [7, 11) is 1.52. The van der Waals surface area contributed by atoms with E-state index in [1.54, 1.807) is 18.2 Å². The van der Waals surface area contributed by atoms with E-state index in [0.29, 0.717) is 16.3 Å². The molecule has 0 fully saturated rings. The van der Waals surface area contributed by atoms with Crippen LogP contribution in [0, 0.1) is 0 Å². The minimum absolute atomic E-state index is 0.151. The second kappa shape index (κ2) is 6.37. The molecule has 0 aliphatic heterocycles. The Morgan fingerprint density at radius 3 is 2.52 bits per heavy atom. The van der Waals surface area contributed by atoms with Crippen LogP contribution in [0.25, 0.3) is 0 Å². The Labute approximate surface area is 126 Å². The van der Waals surface area contributed by atoms with Crippen LogP contribution < -0.4 is 10.1 Å². The smallest absolute Gasteiger partial charge is 0.251 e. The van der Waals surface area contributed by atoms with Gasteiger partial charge in [0, 0.05) is 28.8 Å². The highest BCUT2D eigenvalue weighted by atomic mass is 35.5. The van der Waals surface area contributed by atoms with Crippen molar-refractivity contribution >= 4 is 17.5 Å². The van der Waals surface area contributed by atoms with E-state index in [1.807, 2.05) is 0 Å². The average molecular weight is 308 g/mol. The molecule has 1 amide bonds. The lowest BCUT2D eigenvalue weighted by atomic mass is 10.1. The van der Waals surface area contributed by atoms with Crippen molar-refractivity contribution in [1.29, 1.82) is 0 Å². The number of carbonyl (C=O) groups excluding carboxylic acids is 1. The number of methoxy groups -OCH3 is 1. The Morgan fingerprint density at radius 1 is 1.24 bits per heavy atom. The standard InChI is InChI=1S/C15H14ClNO4/c1-21-14-4-2-3-13(16)12(14)8-17-15(20)9-5-10(18)7-11(19)6-9/h2-7,18-19H,8H2,1H3,(H,17,20). The predicted molar refractivity (Wildman–Crippen MR) is 78.9 cm³/mol. The molecule has 0 heterocycles. The Kier molecular flexibility index (Phi) is 4.55. The first-order valence-corrected chi connectivity index (χ1v) is 6.51. The summed E-state index contributed by atoms with van der Waals surface area (Å²) in [6.07, 6.45) is 0. The molecule has 0 atom stereocenters. The Morgan fingerprint density at radius 2 is 1.90 bits per heavy atom. The summed E-state index contributed by atoms with van der Waals surface area (Å²) >= 11 is 6.08. The van der Waals surface area contributed by atoms with E-state index in [1.165, 1.54) is 19.2 Å². The Hall–Kier alpha value is -2.40. The molecule has 21 heavy (non-hydrogen) atoms. The lowest BCUT2D eigenvalue weighted by Crippen LogP contribution is -2.23. The van der Waals surface area contributed by atoms with Crippen molar-refractivity contribution in [3.05, 3.63) is 52.5 Å². The molecule has 0 aromatic heterocycles. The number of amides is 1. The summed E-state index contributed by atoms with van der Waals surface area (Å²) in [5.41, 5.74) is 0.804. The van der Waals surface area contributed by atoms with Gasteiger partial charge in [0.25, 0.3) is 5.91 Å². The quantitative estimate of drug-likeness (QED) is 0.811. The molecular weight excluding hydrogens is 294 g/mol. The predicted octanol–water partition coefficient (Wildman–Crippen LogP) is 2.69. The van der Waals surface area contributed by atoms with Crippen LogP contribution in [0.1, 0.15) is 15.9 Å². The van der Waals surface area contributed by atoms with E-state index in [0.717, 1.165) is 6.07 Å². The van der Waals surface area contributed by atoms with Crippen molar-refractivity contribution in [1.82, 2.24) is 5.32 Å². The monoisotopic (exact) mass is 307 g/mol. The molecule has 6 heteroatoms. The van der Waals surface area contributed by atoms with Gasteiger partial charge in [0.1, 0.15) is 17.2 Å². The summed E-state index contributed by atoms with van der Waals surface area (Å²) in [4.78, 5) is 12.0. The second-order valence-corrected chi connectivity index (χ2v) is 4.75. The Balaban J connectivity index is 2.15. The number of benzene rings is 2. The third-order valence-electron chi connectivity index (χ3n) is 2.89. The van der Waals surface area contributed by atoms with E-state index in [9.17, 15) is 15.0 Å². The third-order valence-corrected chi connectivity index (χ3v) is 3.24. The number of phenols is 2. The van der Waals surface area contributed by atoms with E-state index < -0.39 is 5.91 Å². The first-order chi connectivity index (χ1) is 10.0. The van der Waals surface area contributed by atoms with E-state index in [-0.39, 0.29) is 23.6 Å². The highest BCUT2D eigenvalue weighted by Gasteiger charge is 2.12. The maximum atomic E-state index is 12.0. The molecular formula is C15H14ClNO4. The number of ether oxygens (including phenoxy) is 1. The van der Waals surface area contributed by atoms with Crippen LogP contribution in [0.2, 0.25) is 5.02 Å². The number of carbonyl (C=O) groups is 1. The molecule has 5 nitrogen and oxygen atoms in total. The molecule has 0 aliphatic carbocycles. The van der Waals surface area contributed by atoms with Gasteiger partial charge < -0.3 is 20.3 Å². The largest absolute Gasteiger partial charge is 0.508 e. The van der Waals surface area contributed by atoms with E-state index in [4.69, 9.17) is 16.3 Å². The minimum atomic E-state index is -0.442. The number of aromatic hydroxyl groups is 2. The van der Waals surface area contributed by atoms with Gasteiger partial charge in [-0.05, 0) is 24.3 Å². The van der Waals surface area contributed by atoms with Crippen LogP contribution in [0.15, 0.2) is 36.4 Å². The lowest BCUT2D eigenvalue weighted by Gasteiger charge is -2.11. The number of rotatable bonds is 4. The molecule has 110 valence electrons. The summed E-state index contributed by atoms with van der Waals surface area (Å²) in [6, 6.07) is 8.87. The number of hydrogen-bond acceptors (Lipinski definition) is 4. The number of hydrogen-bond donors (Lipinski definition) is 3. The van der Waals surface area contributed by atoms with Crippen molar-refractivity contribution in [2.75, 3.05) is 7.11 Å². The van der Waals surface area contributed by atoms with Crippen molar-refractivity contribution in [3.63, 3.8) is 0 Å². The van der Waals surface area contributed by atoms with Crippen molar-refractivity contribution in [2.24, 2.45) is 0 Å². The zero-order valence-corrected chi connectivity index (χ0v) is 12.0. The van der Waals surface area contributed by atoms with Crippen LogP contribution in [-0.4, -0.2) is 23.2 Å². The van der Waals surface area contributed by atoms with Gasteiger partial charge in [-0.1, -0.05) is 17.7 Å².